The molecule has 3 aromatic rings. The maximum Gasteiger partial charge on any atom is 0.266 e. The number of amides is 2. The van der Waals surface area contributed by atoms with Crippen molar-refractivity contribution in [1.82, 2.24) is 15.1 Å². The SMILES string of the molecule is O=C(NCCn1nc(-c2ccc(F)cc2)ccc1=O)C1CC(=O)N(c2cccc(Br)c2)C1. The molecular formula is C23H20BrFN4O3. The van der Waals surface area contributed by atoms with Crippen molar-refractivity contribution in [3.05, 3.63) is 81.3 Å². The van der Waals surface area contributed by atoms with Crippen LogP contribution < -0.4 is 15.8 Å². The van der Waals surface area contributed by atoms with Crippen molar-refractivity contribution in [1.29, 1.82) is 0 Å². The zero-order chi connectivity index (χ0) is 22.7. The van der Waals surface area contributed by atoms with Gasteiger partial charge in [-0.15, -0.1) is 0 Å². The van der Waals surface area contributed by atoms with E-state index in [1.807, 2.05) is 24.3 Å². The molecular weight excluding hydrogens is 479 g/mol. The number of rotatable bonds is 6. The summed E-state index contributed by atoms with van der Waals surface area (Å²) in [6, 6.07) is 16.2. The van der Waals surface area contributed by atoms with E-state index in [1.165, 1.54) is 22.9 Å². The molecule has 1 fully saturated rings. The van der Waals surface area contributed by atoms with E-state index in [0.717, 1.165) is 10.2 Å². The number of carbonyl (C=O) groups is 2. The van der Waals surface area contributed by atoms with Gasteiger partial charge in [0, 0.05) is 41.3 Å². The van der Waals surface area contributed by atoms with E-state index < -0.39 is 5.92 Å². The number of nitrogens with zero attached hydrogens (tertiary/aromatic N) is 3. The molecule has 1 unspecified atom stereocenters. The fourth-order valence-electron chi connectivity index (χ4n) is 3.59. The number of nitrogens with one attached hydrogen (secondary N) is 1. The lowest BCUT2D eigenvalue weighted by Crippen LogP contribution is -2.36. The number of anilines is 1. The number of halogens is 2. The van der Waals surface area contributed by atoms with Crippen molar-refractivity contribution in [2.45, 2.75) is 13.0 Å². The van der Waals surface area contributed by atoms with Crippen molar-refractivity contribution in [3.63, 3.8) is 0 Å². The molecule has 2 amide bonds. The Hall–Kier alpha value is -3.33. The van der Waals surface area contributed by atoms with Gasteiger partial charge in [-0.25, -0.2) is 9.07 Å². The third-order valence-corrected chi connectivity index (χ3v) is 5.74. The average molecular weight is 499 g/mol. The number of hydrogen-bond acceptors (Lipinski definition) is 4. The van der Waals surface area contributed by atoms with E-state index in [2.05, 4.69) is 26.3 Å². The molecule has 164 valence electrons. The van der Waals surface area contributed by atoms with Crippen LogP contribution in [0.1, 0.15) is 6.42 Å². The van der Waals surface area contributed by atoms with E-state index in [9.17, 15) is 18.8 Å². The summed E-state index contributed by atoms with van der Waals surface area (Å²) in [5.74, 6) is -1.16. The second-order valence-corrected chi connectivity index (χ2v) is 8.38. The smallest absolute Gasteiger partial charge is 0.266 e. The first-order valence-corrected chi connectivity index (χ1v) is 10.9. The van der Waals surface area contributed by atoms with Gasteiger partial charge in [0.2, 0.25) is 11.8 Å². The highest BCUT2D eigenvalue weighted by Crippen LogP contribution is 2.27. The Labute approximate surface area is 192 Å². The normalized spacial score (nSPS) is 15.8. The Balaban J connectivity index is 1.36. The first-order chi connectivity index (χ1) is 15.4. The van der Waals surface area contributed by atoms with Gasteiger partial charge in [-0.05, 0) is 48.5 Å². The van der Waals surface area contributed by atoms with Gasteiger partial charge in [-0.2, -0.15) is 5.10 Å². The van der Waals surface area contributed by atoms with Gasteiger partial charge >= 0.3 is 0 Å². The fourth-order valence-corrected chi connectivity index (χ4v) is 3.98. The number of carbonyl (C=O) groups excluding carboxylic acids is 2. The summed E-state index contributed by atoms with van der Waals surface area (Å²) in [6.07, 6.45) is 0.136. The van der Waals surface area contributed by atoms with Crippen LogP contribution in [0.4, 0.5) is 10.1 Å². The molecule has 0 saturated carbocycles. The summed E-state index contributed by atoms with van der Waals surface area (Å²) >= 11 is 3.39. The van der Waals surface area contributed by atoms with Crippen molar-refractivity contribution >= 4 is 33.4 Å². The number of aromatic nitrogens is 2. The maximum absolute atomic E-state index is 13.1. The van der Waals surface area contributed by atoms with Crippen molar-refractivity contribution < 1.29 is 14.0 Å². The molecule has 32 heavy (non-hydrogen) atoms. The number of benzene rings is 2. The summed E-state index contributed by atoms with van der Waals surface area (Å²) in [5, 5.41) is 7.10. The lowest BCUT2D eigenvalue weighted by Gasteiger charge is -2.17. The minimum absolute atomic E-state index is 0.104. The second-order valence-electron chi connectivity index (χ2n) is 7.46. The molecule has 1 aliphatic heterocycles. The molecule has 7 nitrogen and oxygen atoms in total. The van der Waals surface area contributed by atoms with Gasteiger partial charge in [0.05, 0.1) is 18.2 Å². The molecule has 1 aliphatic rings. The van der Waals surface area contributed by atoms with E-state index in [0.29, 0.717) is 17.8 Å². The Morgan fingerprint density at radius 1 is 1.12 bits per heavy atom. The minimum atomic E-state index is -0.461. The van der Waals surface area contributed by atoms with E-state index in [4.69, 9.17) is 0 Å². The highest BCUT2D eigenvalue weighted by atomic mass is 79.9. The first kappa shape index (κ1) is 21.9. The predicted octanol–water partition coefficient (Wildman–Crippen LogP) is 2.98. The maximum atomic E-state index is 13.1. The molecule has 9 heteroatoms. The third-order valence-electron chi connectivity index (χ3n) is 5.25. The number of hydrogen-bond donors (Lipinski definition) is 1. The molecule has 1 atom stereocenters. The van der Waals surface area contributed by atoms with Crippen LogP contribution in [0.25, 0.3) is 11.3 Å². The Kier molecular flexibility index (Phi) is 6.45. The lowest BCUT2D eigenvalue weighted by atomic mass is 10.1. The van der Waals surface area contributed by atoms with Gasteiger partial charge in [-0.3, -0.25) is 14.4 Å². The van der Waals surface area contributed by atoms with Crippen LogP contribution in [0.2, 0.25) is 0 Å². The van der Waals surface area contributed by atoms with Gasteiger partial charge in [-0.1, -0.05) is 22.0 Å². The van der Waals surface area contributed by atoms with Crippen molar-refractivity contribution in [3.8, 4) is 11.3 Å². The molecule has 1 saturated heterocycles. The monoisotopic (exact) mass is 498 g/mol. The minimum Gasteiger partial charge on any atom is -0.354 e. The molecule has 1 aromatic heterocycles. The van der Waals surface area contributed by atoms with Gasteiger partial charge in [0.1, 0.15) is 5.82 Å². The zero-order valence-electron chi connectivity index (χ0n) is 17.0. The van der Waals surface area contributed by atoms with Crippen molar-refractivity contribution in [2.24, 2.45) is 5.92 Å². The Morgan fingerprint density at radius 2 is 1.91 bits per heavy atom. The summed E-state index contributed by atoms with van der Waals surface area (Å²) in [4.78, 5) is 38.7. The van der Waals surface area contributed by atoms with Crippen molar-refractivity contribution in [2.75, 3.05) is 18.0 Å². The third kappa shape index (κ3) is 4.94. The molecule has 0 spiro atoms. The van der Waals surface area contributed by atoms with Crippen LogP contribution in [0.5, 0.6) is 0 Å². The van der Waals surface area contributed by atoms with Crippen LogP contribution in [0.3, 0.4) is 0 Å². The highest BCUT2D eigenvalue weighted by molar-refractivity contribution is 9.10. The summed E-state index contributed by atoms with van der Waals surface area (Å²) in [7, 11) is 0. The van der Waals surface area contributed by atoms with Gasteiger partial charge < -0.3 is 10.2 Å². The fraction of sp³-hybridized carbons (Fsp3) is 0.217. The predicted molar refractivity (Wildman–Crippen MR) is 122 cm³/mol. The van der Waals surface area contributed by atoms with E-state index in [-0.39, 0.29) is 42.7 Å². The quantitative estimate of drug-likeness (QED) is 0.566. The van der Waals surface area contributed by atoms with Crippen LogP contribution >= 0.6 is 15.9 Å². The lowest BCUT2D eigenvalue weighted by molar-refractivity contribution is -0.126. The van der Waals surface area contributed by atoms with Crippen LogP contribution in [-0.2, 0) is 16.1 Å². The molecule has 0 radical (unpaired) electrons. The highest BCUT2D eigenvalue weighted by Gasteiger charge is 2.35. The average Bonchev–Trinajstić information content (AvgIpc) is 3.17. The van der Waals surface area contributed by atoms with Gasteiger partial charge in [0.25, 0.3) is 5.56 Å². The Morgan fingerprint density at radius 3 is 2.66 bits per heavy atom. The molecule has 2 heterocycles. The van der Waals surface area contributed by atoms with E-state index >= 15 is 0 Å². The largest absolute Gasteiger partial charge is 0.354 e. The summed E-state index contributed by atoms with van der Waals surface area (Å²) in [6.45, 7) is 0.676. The van der Waals surface area contributed by atoms with E-state index in [1.54, 1.807) is 23.1 Å². The molecule has 0 aliphatic carbocycles. The standard InChI is InChI=1S/C23H20BrFN4O3/c24-17-2-1-3-19(13-17)28-14-16(12-22(28)31)23(32)26-10-11-29-21(30)9-8-20(27-29)15-4-6-18(25)7-5-15/h1-9,13,16H,10-12,14H2,(H,26,32). The molecule has 0 bridgehead atoms. The van der Waals surface area contributed by atoms with Crippen LogP contribution in [-0.4, -0.2) is 34.7 Å². The molecule has 2 aromatic carbocycles. The summed E-state index contributed by atoms with van der Waals surface area (Å²) in [5.41, 5.74) is 1.65. The summed E-state index contributed by atoms with van der Waals surface area (Å²) < 4.78 is 15.3. The zero-order valence-corrected chi connectivity index (χ0v) is 18.6. The van der Waals surface area contributed by atoms with Crippen LogP contribution in [0.15, 0.2) is 69.9 Å². The Bertz CT molecular complexity index is 1210. The first-order valence-electron chi connectivity index (χ1n) is 10.1. The molecule has 1 N–H and O–H groups in total. The molecule has 4 rings (SSSR count). The topological polar surface area (TPSA) is 84.3 Å². The second kappa shape index (κ2) is 9.44. The van der Waals surface area contributed by atoms with Gasteiger partial charge in [0.15, 0.2) is 0 Å². The van der Waals surface area contributed by atoms with Crippen LogP contribution in [0, 0.1) is 11.7 Å².